The van der Waals surface area contributed by atoms with Gasteiger partial charge in [-0.05, 0) is 46.6 Å². The van der Waals surface area contributed by atoms with Crippen LogP contribution in [0.5, 0.6) is 0 Å². The topological polar surface area (TPSA) is 78.9 Å². The van der Waals surface area contributed by atoms with Crippen molar-refractivity contribution < 1.29 is 4.79 Å². The Morgan fingerprint density at radius 3 is 2.52 bits per heavy atom. The van der Waals surface area contributed by atoms with Crippen molar-refractivity contribution in [2.24, 2.45) is 5.73 Å². The molecule has 0 aliphatic rings. The molecule has 4 nitrogen and oxygen atoms in total. The van der Waals surface area contributed by atoms with Gasteiger partial charge in [0.05, 0.1) is 17.3 Å². The molecule has 0 spiro atoms. The summed E-state index contributed by atoms with van der Waals surface area (Å²) in [6, 6.07) is 13.8. The number of hydrogen-bond acceptors (Lipinski definition) is 3. The van der Waals surface area contributed by atoms with E-state index in [1.807, 2.05) is 37.3 Å². The normalized spacial score (nSPS) is 11.5. The Labute approximate surface area is 131 Å². The summed E-state index contributed by atoms with van der Waals surface area (Å²) < 4.78 is 0.644. The van der Waals surface area contributed by atoms with Crippen molar-refractivity contribution in [2.75, 3.05) is 5.32 Å². The number of anilines is 1. The molecule has 0 fully saturated rings. The van der Waals surface area contributed by atoms with Gasteiger partial charge in [0.25, 0.3) is 0 Å². The number of amides is 1. The molecule has 5 heteroatoms. The average molecular weight is 344 g/mol. The summed E-state index contributed by atoms with van der Waals surface area (Å²) in [5.41, 5.74) is 8.93. The molecule has 2 aromatic carbocycles. The largest absolute Gasteiger partial charge is 0.323 e. The van der Waals surface area contributed by atoms with Crippen LogP contribution in [-0.2, 0) is 4.79 Å². The molecule has 2 rings (SSSR count). The molecule has 2 aromatic rings. The van der Waals surface area contributed by atoms with Gasteiger partial charge in [-0.2, -0.15) is 5.26 Å². The van der Waals surface area contributed by atoms with Gasteiger partial charge >= 0.3 is 0 Å². The molecule has 1 unspecified atom stereocenters. The maximum absolute atomic E-state index is 12.2. The highest BCUT2D eigenvalue weighted by Crippen LogP contribution is 2.24. The van der Waals surface area contributed by atoms with Crippen molar-refractivity contribution in [3.63, 3.8) is 0 Å². The Morgan fingerprint density at radius 1 is 1.29 bits per heavy atom. The number of carbonyl (C=O) groups is 1. The third-order valence-corrected chi connectivity index (χ3v) is 3.73. The number of nitriles is 1. The second kappa shape index (κ2) is 6.53. The second-order valence-corrected chi connectivity index (χ2v) is 5.54. The number of hydrogen-bond donors (Lipinski definition) is 2. The van der Waals surface area contributed by atoms with E-state index in [0.717, 1.165) is 11.1 Å². The van der Waals surface area contributed by atoms with E-state index in [1.165, 1.54) is 0 Å². The lowest BCUT2D eigenvalue weighted by molar-refractivity contribution is -0.117. The molecule has 21 heavy (non-hydrogen) atoms. The van der Waals surface area contributed by atoms with E-state index in [4.69, 9.17) is 11.0 Å². The molecule has 0 saturated carbocycles. The van der Waals surface area contributed by atoms with Crippen molar-refractivity contribution in [1.82, 2.24) is 0 Å². The average Bonchev–Trinajstić information content (AvgIpc) is 2.49. The number of aryl methyl sites for hydroxylation is 1. The Bertz CT molecular complexity index is 704. The standard InChI is InChI=1S/C16H14BrN3O/c1-10-2-5-12(6-3-10)15(19)16(21)20-14-7-4-11(9-18)8-13(14)17/h2-8,15H,19H2,1H3,(H,20,21). The highest BCUT2D eigenvalue weighted by atomic mass is 79.9. The molecule has 1 atom stereocenters. The van der Waals surface area contributed by atoms with Crippen molar-refractivity contribution in [1.29, 1.82) is 5.26 Å². The van der Waals surface area contributed by atoms with Crippen LogP contribution < -0.4 is 11.1 Å². The fourth-order valence-electron chi connectivity index (χ4n) is 1.82. The Morgan fingerprint density at radius 2 is 1.95 bits per heavy atom. The van der Waals surface area contributed by atoms with Gasteiger partial charge in [-0.3, -0.25) is 4.79 Å². The quantitative estimate of drug-likeness (QED) is 0.897. The molecule has 0 saturated heterocycles. The maximum Gasteiger partial charge on any atom is 0.245 e. The van der Waals surface area contributed by atoms with E-state index < -0.39 is 6.04 Å². The zero-order valence-corrected chi connectivity index (χ0v) is 13.0. The molecule has 0 radical (unpaired) electrons. The summed E-state index contributed by atoms with van der Waals surface area (Å²) in [5, 5.41) is 11.6. The number of nitrogens with zero attached hydrogens (tertiary/aromatic N) is 1. The molecule has 0 bridgehead atoms. The third kappa shape index (κ3) is 3.69. The lowest BCUT2D eigenvalue weighted by atomic mass is 10.1. The van der Waals surface area contributed by atoms with Crippen LogP contribution >= 0.6 is 15.9 Å². The fraction of sp³-hybridized carbons (Fsp3) is 0.125. The summed E-state index contributed by atoms with van der Waals surface area (Å²) in [6.07, 6.45) is 0. The van der Waals surface area contributed by atoms with Gasteiger partial charge in [0.15, 0.2) is 0 Å². The first-order valence-corrected chi connectivity index (χ1v) is 7.13. The Kier molecular flexibility index (Phi) is 4.73. The summed E-state index contributed by atoms with van der Waals surface area (Å²) in [5.74, 6) is -0.302. The van der Waals surface area contributed by atoms with E-state index in [0.29, 0.717) is 15.7 Å². The molecule has 0 aliphatic carbocycles. The maximum atomic E-state index is 12.2. The van der Waals surface area contributed by atoms with Crippen LogP contribution in [0.15, 0.2) is 46.9 Å². The van der Waals surface area contributed by atoms with Crippen molar-refractivity contribution in [3.8, 4) is 6.07 Å². The predicted molar refractivity (Wildman–Crippen MR) is 85.6 cm³/mol. The van der Waals surface area contributed by atoms with E-state index >= 15 is 0 Å². The minimum absolute atomic E-state index is 0.302. The summed E-state index contributed by atoms with van der Waals surface area (Å²) in [6.45, 7) is 1.98. The zero-order chi connectivity index (χ0) is 15.4. The molecular formula is C16H14BrN3O. The molecule has 106 valence electrons. The van der Waals surface area contributed by atoms with Crippen LogP contribution in [0, 0.1) is 18.3 Å². The molecule has 0 aromatic heterocycles. The molecule has 3 N–H and O–H groups in total. The van der Waals surface area contributed by atoms with Gasteiger partial charge in [0.1, 0.15) is 6.04 Å². The van der Waals surface area contributed by atoms with Gasteiger partial charge < -0.3 is 11.1 Å². The molecule has 1 amide bonds. The van der Waals surface area contributed by atoms with Crippen LogP contribution in [0.3, 0.4) is 0 Å². The zero-order valence-electron chi connectivity index (χ0n) is 11.4. The van der Waals surface area contributed by atoms with Gasteiger partial charge in [-0.15, -0.1) is 0 Å². The number of benzene rings is 2. The second-order valence-electron chi connectivity index (χ2n) is 4.68. The molecule has 0 heterocycles. The van der Waals surface area contributed by atoms with Crippen LogP contribution in [-0.4, -0.2) is 5.91 Å². The summed E-state index contributed by atoms with van der Waals surface area (Å²) in [7, 11) is 0. The number of halogens is 1. The smallest absolute Gasteiger partial charge is 0.245 e. The lowest BCUT2D eigenvalue weighted by Crippen LogP contribution is -2.27. The Balaban J connectivity index is 2.14. The van der Waals surface area contributed by atoms with Crippen molar-refractivity contribution >= 4 is 27.5 Å². The van der Waals surface area contributed by atoms with Gasteiger partial charge in [-0.25, -0.2) is 0 Å². The number of nitrogens with one attached hydrogen (secondary N) is 1. The van der Waals surface area contributed by atoms with Crippen molar-refractivity contribution in [2.45, 2.75) is 13.0 Å². The van der Waals surface area contributed by atoms with Crippen LogP contribution in [0.2, 0.25) is 0 Å². The van der Waals surface area contributed by atoms with Crippen LogP contribution in [0.1, 0.15) is 22.7 Å². The number of carbonyl (C=O) groups excluding carboxylic acids is 1. The van der Waals surface area contributed by atoms with E-state index in [1.54, 1.807) is 18.2 Å². The third-order valence-electron chi connectivity index (χ3n) is 3.07. The first-order chi connectivity index (χ1) is 10.0. The monoisotopic (exact) mass is 343 g/mol. The molecular weight excluding hydrogens is 330 g/mol. The van der Waals surface area contributed by atoms with Gasteiger partial charge in [0, 0.05) is 4.47 Å². The SMILES string of the molecule is Cc1ccc(C(N)C(=O)Nc2ccc(C#N)cc2Br)cc1. The van der Waals surface area contributed by atoms with E-state index in [2.05, 4.69) is 21.2 Å². The van der Waals surface area contributed by atoms with Crippen LogP contribution in [0.4, 0.5) is 5.69 Å². The first kappa shape index (κ1) is 15.2. The van der Waals surface area contributed by atoms with Gasteiger partial charge in [0.2, 0.25) is 5.91 Å². The minimum atomic E-state index is -0.742. The lowest BCUT2D eigenvalue weighted by Gasteiger charge is -2.14. The first-order valence-electron chi connectivity index (χ1n) is 6.34. The fourth-order valence-corrected chi connectivity index (χ4v) is 2.30. The van der Waals surface area contributed by atoms with Crippen molar-refractivity contribution in [3.05, 3.63) is 63.6 Å². The highest BCUT2D eigenvalue weighted by Gasteiger charge is 2.16. The van der Waals surface area contributed by atoms with Crippen LogP contribution in [0.25, 0.3) is 0 Å². The highest BCUT2D eigenvalue weighted by molar-refractivity contribution is 9.10. The van der Waals surface area contributed by atoms with E-state index in [9.17, 15) is 4.79 Å². The van der Waals surface area contributed by atoms with Gasteiger partial charge in [-0.1, -0.05) is 29.8 Å². The number of rotatable bonds is 3. The summed E-state index contributed by atoms with van der Waals surface area (Å²) in [4.78, 5) is 12.2. The number of nitrogens with two attached hydrogens (primary N) is 1. The minimum Gasteiger partial charge on any atom is -0.323 e. The van der Waals surface area contributed by atoms with E-state index in [-0.39, 0.29) is 5.91 Å². The Hall–Kier alpha value is -2.16. The molecule has 0 aliphatic heterocycles. The predicted octanol–water partition coefficient (Wildman–Crippen LogP) is 3.27. The summed E-state index contributed by atoms with van der Waals surface area (Å²) >= 11 is 3.32.